The molecule has 0 atom stereocenters. The average molecular weight is 379 g/mol. The number of hydrogen-bond donors (Lipinski definition) is 1. The molecule has 2 heterocycles. The molecule has 0 fully saturated rings. The van der Waals surface area contributed by atoms with Crippen molar-refractivity contribution in [3.8, 4) is 0 Å². The predicted octanol–water partition coefficient (Wildman–Crippen LogP) is 3.63. The van der Waals surface area contributed by atoms with Crippen molar-refractivity contribution >= 4 is 44.4 Å². The van der Waals surface area contributed by atoms with E-state index in [1.54, 1.807) is 42.5 Å². The number of thiazole rings is 1. The van der Waals surface area contributed by atoms with Gasteiger partial charge in [0, 0.05) is 11.1 Å². The first-order chi connectivity index (χ1) is 12.7. The Hall–Kier alpha value is -3.06. The molecule has 1 N–H and O–H groups in total. The lowest BCUT2D eigenvalue weighted by atomic mass is 10.1. The van der Waals surface area contributed by atoms with Crippen LogP contribution in [0.25, 0.3) is 10.2 Å². The van der Waals surface area contributed by atoms with E-state index in [1.807, 2.05) is 20.8 Å². The van der Waals surface area contributed by atoms with Crippen LogP contribution < -0.4 is 10.2 Å². The van der Waals surface area contributed by atoms with Gasteiger partial charge in [0.15, 0.2) is 0 Å². The molecule has 1 aromatic heterocycles. The third kappa shape index (κ3) is 3.00. The van der Waals surface area contributed by atoms with Crippen LogP contribution in [0.1, 0.15) is 51.8 Å². The minimum atomic E-state index is -0.375. The molecule has 0 radical (unpaired) electrons. The fourth-order valence-electron chi connectivity index (χ4n) is 2.93. The first kappa shape index (κ1) is 17.4. The van der Waals surface area contributed by atoms with Crippen molar-refractivity contribution < 1.29 is 14.4 Å². The van der Waals surface area contributed by atoms with Gasteiger partial charge in [-0.05, 0) is 51.1 Å². The van der Waals surface area contributed by atoms with Crippen molar-refractivity contribution in [2.24, 2.45) is 0 Å². The van der Waals surface area contributed by atoms with Crippen LogP contribution in [-0.4, -0.2) is 28.2 Å². The Balaban J connectivity index is 1.70. The molecule has 2 aromatic carbocycles. The van der Waals surface area contributed by atoms with E-state index in [2.05, 4.69) is 10.3 Å². The molecule has 6 nitrogen and oxygen atoms in total. The molecule has 27 heavy (non-hydrogen) atoms. The molecule has 0 bridgehead atoms. The maximum Gasteiger partial charge on any atom is 0.268 e. The molecule has 3 amide bonds. The number of aromatic nitrogens is 1. The van der Waals surface area contributed by atoms with Gasteiger partial charge in [-0.15, -0.1) is 0 Å². The third-order valence-electron chi connectivity index (χ3n) is 4.11. The summed E-state index contributed by atoms with van der Waals surface area (Å²) in [6.45, 7) is 5.74. The summed E-state index contributed by atoms with van der Waals surface area (Å²) < 4.78 is 0.739. The van der Waals surface area contributed by atoms with Crippen molar-refractivity contribution in [2.45, 2.75) is 26.3 Å². The van der Waals surface area contributed by atoms with Gasteiger partial charge in [-0.3, -0.25) is 14.4 Å². The van der Waals surface area contributed by atoms with Crippen LogP contribution in [-0.2, 0) is 0 Å². The standard InChI is InChI=1S/C20H17N3O3S/c1-20(2,3)22-16(24)11-8-9-14-15(10-11)27-19(21-14)23-17(25)12-6-4-5-7-13(12)18(23)26/h4-10H,1-3H3,(H,22,24). The van der Waals surface area contributed by atoms with E-state index in [-0.39, 0.29) is 23.3 Å². The van der Waals surface area contributed by atoms with E-state index < -0.39 is 0 Å². The monoisotopic (exact) mass is 379 g/mol. The van der Waals surface area contributed by atoms with Gasteiger partial charge in [0.05, 0.1) is 21.3 Å². The fraction of sp³-hybridized carbons (Fsp3) is 0.200. The minimum absolute atomic E-state index is 0.180. The topological polar surface area (TPSA) is 79.4 Å². The van der Waals surface area contributed by atoms with Crippen molar-refractivity contribution in [3.05, 3.63) is 59.2 Å². The molecule has 1 aliphatic rings. The smallest absolute Gasteiger partial charge is 0.268 e. The number of fused-ring (bicyclic) bond motifs is 2. The molecule has 0 saturated heterocycles. The van der Waals surface area contributed by atoms with Crippen molar-refractivity contribution in [2.75, 3.05) is 4.90 Å². The summed E-state index contributed by atoms with van der Waals surface area (Å²) in [6.07, 6.45) is 0. The van der Waals surface area contributed by atoms with Crippen LogP contribution in [0.2, 0.25) is 0 Å². The summed E-state index contributed by atoms with van der Waals surface area (Å²) in [5.41, 5.74) is 1.57. The molecule has 4 rings (SSSR count). The fourth-order valence-corrected chi connectivity index (χ4v) is 3.93. The first-order valence-electron chi connectivity index (χ1n) is 8.45. The highest BCUT2D eigenvalue weighted by Crippen LogP contribution is 2.34. The molecular formula is C20H17N3O3S. The first-order valence-corrected chi connectivity index (χ1v) is 9.27. The van der Waals surface area contributed by atoms with Crippen LogP contribution >= 0.6 is 11.3 Å². The lowest BCUT2D eigenvalue weighted by Crippen LogP contribution is -2.40. The van der Waals surface area contributed by atoms with Gasteiger partial charge in [-0.25, -0.2) is 9.88 Å². The summed E-state index contributed by atoms with van der Waals surface area (Å²) in [5, 5.41) is 3.22. The number of nitrogens with one attached hydrogen (secondary N) is 1. The van der Waals surface area contributed by atoms with Gasteiger partial charge in [0.25, 0.3) is 17.7 Å². The summed E-state index contributed by atoms with van der Waals surface area (Å²) in [5.74, 6) is -0.930. The van der Waals surface area contributed by atoms with E-state index in [9.17, 15) is 14.4 Å². The Morgan fingerprint density at radius 2 is 1.67 bits per heavy atom. The number of carbonyl (C=O) groups is 3. The van der Waals surface area contributed by atoms with E-state index in [0.29, 0.717) is 27.3 Å². The highest BCUT2D eigenvalue weighted by Gasteiger charge is 2.38. The summed E-state index contributed by atoms with van der Waals surface area (Å²) in [4.78, 5) is 43.1. The zero-order valence-corrected chi connectivity index (χ0v) is 15.9. The molecule has 136 valence electrons. The molecular weight excluding hydrogens is 362 g/mol. The minimum Gasteiger partial charge on any atom is -0.347 e. The van der Waals surface area contributed by atoms with Gasteiger partial charge < -0.3 is 5.32 Å². The van der Waals surface area contributed by atoms with Gasteiger partial charge >= 0.3 is 0 Å². The number of nitrogens with zero attached hydrogens (tertiary/aromatic N) is 2. The third-order valence-corrected chi connectivity index (χ3v) is 5.12. The number of amides is 3. The van der Waals surface area contributed by atoms with Crippen LogP contribution in [0.3, 0.4) is 0 Å². The SMILES string of the molecule is CC(C)(C)NC(=O)c1ccc2nc(N3C(=O)c4ccccc4C3=O)sc2c1. The number of imide groups is 1. The second-order valence-corrected chi connectivity index (χ2v) is 8.38. The van der Waals surface area contributed by atoms with Crippen molar-refractivity contribution in [3.63, 3.8) is 0 Å². The summed E-state index contributed by atoms with van der Waals surface area (Å²) >= 11 is 1.22. The maximum absolute atomic E-state index is 12.6. The van der Waals surface area contributed by atoms with Gasteiger partial charge in [0.1, 0.15) is 0 Å². The predicted molar refractivity (Wildman–Crippen MR) is 104 cm³/mol. The zero-order valence-electron chi connectivity index (χ0n) is 15.1. The lowest BCUT2D eigenvalue weighted by Gasteiger charge is -2.20. The van der Waals surface area contributed by atoms with E-state index >= 15 is 0 Å². The van der Waals surface area contributed by atoms with Crippen molar-refractivity contribution in [1.29, 1.82) is 0 Å². The van der Waals surface area contributed by atoms with E-state index in [4.69, 9.17) is 0 Å². The number of rotatable bonds is 2. The van der Waals surface area contributed by atoms with E-state index in [1.165, 1.54) is 11.3 Å². The molecule has 0 unspecified atom stereocenters. The Morgan fingerprint density at radius 1 is 1.04 bits per heavy atom. The highest BCUT2D eigenvalue weighted by atomic mass is 32.1. The van der Waals surface area contributed by atoms with Crippen LogP contribution in [0, 0.1) is 0 Å². The van der Waals surface area contributed by atoms with Gasteiger partial charge in [-0.2, -0.15) is 0 Å². The average Bonchev–Trinajstić information content (AvgIpc) is 3.12. The Bertz CT molecular complexity index is 1080. The van der Waals surface area contributed by atoms with E-state index in [0.717, 1.165) is 9.60 Å². The molecule has 0 spiro atoms. The molecule has 0 saturated carbocycles. The van der Waals surface area contributed by atoms with Crippen LogP contribution in [0.15, 0.2) is 42.5 Å². The molecule has 7 heteroatoms. The second kappa shape index (κ2) is 5.99. The number of anilines is 1. The Kier molecular flexibility index (Phi) is 3.85. The Morgan fingerprint density at radius 3 is 2.26 bits per heavy atom. The second-order valence-electron chi connectivity index (χ2n) is 7.37. The molecule has 1 aliphatic heterocycles. The summed E-state index contributed by atoms with van der Waals surface area (Å²) in [6, 6.07) is 11.9. The lowest BCUT2D eigenvalue weighted by molar-refractivity contribution is 0.0910. The number of hydrogen-bond acceptors (Lipinski definition) is 5. The largest absolute Gasteiger partial charge is 0.347 e. The van der Waals surface area contributed by atoms with Gasteiger partial charge in [-0.1, -0.05) is 23.5 Å². The van der Waals surface area contributed by atoms with Crippen LogP contribution in [0.4, 0.5) is 5.13 Å². The number of benzene rings is 2. The molecule has 3 aromatic rings. The Labute approximate surface area is 159 Å². The number of carbonyl (C=O) groups excluding carboxylic acids is 3. The maximum atomic E-state index is 12.6. The normalized spacial score (nSPS) is 14.0. The highest BCUT2D eigenvalue weighted by molar-refractivity contribution is 7.22. The quantitative estimate of drug-likeness (QED) is 0.690. The van der Waals surface area contributed by atoms with Crippen LogP contribution in [0.5, 0.6) is 0 Å². The molecule has 0 aliphatic carbocycles. The summed E-state index contributed by atoms with van der Waals surface area (Å²) in [7, 11) is 0. The zero-order chi connectivity index (χ0) is 19.3. The van der Waals surface area contributed by atoms with Crippen molar-refractivity contribution in [1.82, 2.24) is 10.3 Å². The van der Waals surface area contributed by atoms with Gasteiger partial charge in [0.2, 0.25) is 5.13 Å².